The molecule has 0 aliphatic heterocycles. The summed E-state index contributed by atoms with van der Waals surface area (Å²) < 4.78 is 0. The zero-order valence-corrected chi connectivity index (χ0v) is 7.11. The summed E-state index contributed by atoms with van der Waals surface area (Å²) in [5.41, 5.74) is 4.18. The summed E-state index contributed by atoms with van der Waals surface area (Å²) in [7, 11) is 0. The average Bonchev–Trinajstić information content (AvgIpc) is 2.55. The third kappa shape index (κ3) is 1.46. The summed E-state index contributed by atoms with van der Waals surface area (Å²) in [6, 6.07) is 0.817. The minimum Gasteiger partial charge on any atom is -1.00 e. The van der Waals surface area contributed by atoms with Crippen LogP contribution in [0.3, 0.4) is 0 Å². The van der Waals surface area contributed by atoms with Crippen LogP contribution in [-0.2, 0) is 0 Å². The van der Waals surface area contributed by atoms with Gasteiger partial charge < -0.3 is 18.1 Å². The summed E-state index contributed by atoms with van der Waals surface area (Å²) in [5.74, 6) is 2.16. The summed E-state index contributed by atoms with van der Waals surface area (Å²) in [6.45, 7) is 0. The zero-order chi connectivity index (χ0) is 6.27. The third-order valence-corrected chi connectivity index (χ3v) is 2.98. The Morgan fingerprint density at radius 3 is 2.60 bits per heavy atom. The van der Waals surface area contributed by atoms with Crippen molar-refractivity contribution < 1.29 is 18.1 Å². The fourth-order valence-corrected chi connectivity index (χ4v) is 2.21. The summed E-state index contributed by atoms with van der Waals surface area (Å²) in [6.07, 6.45) is 7.35. The van der Waals surface area contributed by atoms with E-state index in [1.807, 2.05) is 0 Å². The molecular weight excluding hydrogens is 146 g/mol. The summed E-state index contributed by atoms with van der Waals surface area (Å²) >= 11 is 0. The lowest BCUT2D eigenvalue weighted by atomic mass is 10.1. The maximum Gasteiger partial charge on any atom is 0.0874 e. The van der Waals surface area contributed by atoms with Crippen LogP contribution in [0, 0.1) is 11.8 Å². The number of hydrogen-bond donors (Lipinski definition) is 1. The largest absolute Gasteiger partial charge is 1.00 e. The van der Waals surface area contributed by atoms with Gasteiger partial charge >= 0.3 is 0 Å². The molecule has 3 atom stereocenters. The van der Waals surface area contributed by atoms with Crippen LogP contribution in [0.25, 0.3) is 0 Å². The van der Waals surface area contributed by atoms with Crippen molar-refractivity contribution >= 4 is 0 Å². The number of fused-ring (bicyclic) bond motifs is 1. The molecule has 0 aromatic carbocycles. The Labute approximate surface area is 68.8 Å². The lowest BCUT2D eigenvalue weighted by Crippen LogP contribution is -3.00. The van der Waals surface area contributed by atoms with Crippen LogP contribution in [0.5, 0.6) is 0 Å². The monoisotopic (exact) mass is 161 g/mol. The molecule has 0 saturated heterocycles. The lowest BCUT2D eigenvalue weighted by Gasteiger charge is -2.01. The van der Waals surface area contributed by atoms with Crippen LogP contribution >= 0.6 is 0 Å². The fourth-order valence-electron chi connectivity index (χ4n) is 2.21. The molecule has 3 unspecified atom stereocenters. The second-order valence-electron chi connectivity index (χ2n) is 3.70. The van der Waals surface area contributed by atoms with Crippen LogP contribution in [0.15, 0.2) is 0 Å². The molecule has 0 aromatic rings. The molecule has 10 heavy (non-hydrogen) atoms. The number of quaternary nitrogens is 1. The number of halogens is 1. The molecule has 2 heteroatoms. The molecule has 0 radical (unpaired) electrons. The van der Waals surface area contributed by atoms with Gasteiger partial charge in [0.15, 0.2) is 0 Å². The Morgan fingerprint density at radius 1 is 1.10 bits per heavy atom. The molecule has 0 bridgehead atoms. The highest BCUT2D eigenvalue weighted by Crippen LogP contribution is 2.46. The molecule has 3 N–H and O–H groups in total. The Hall–Kier alpha value is 0.250. The Bertz CT molecular complexity index is 116. The van der Waals surface area contributed by atoms with Gasteiger partial charge in [0.05, 0.1) is 6.04 Å². The minimum absolute atomic E-state index is 0. The van der Waals surface area contributed by atoms with Gasteiger partial charge in [0.2, 0.25) is 0 Å². The van der Waals surface area contributed by atoms with E-state index in [-0.39, 0.29) is 12.4 Å². The number of rotatable bonds is 0. The highest BCUT2D eigenvalue weighted by molar-refractivity contribution is 4.92. The molecule has 60 valence electrons. The van der Waals surface area contributed by atoms with Gasteiger partial charge in [-0.2, -0.15) is 0 Å². The van der Waals surface area contributed by atoms with Gasteiger partial charge in [0, 0.05) is 5.92 Å². The predicted molar refractivity (Wildman–Crippen MR) is 36.7 cm³/mol. The van der Waals surface area contributed by atoms with Crippen molar-refractivity contribution in [3.8, 4) is 0 Å². The molecule has 2 rings (SSSR count). The lowest BCUT2D eigenvalue weighted by molar-refractivity contribution is -0.427. The highest BCUT2D eigenvalue weighted by Gasteiger charge is 2.44. The molecule has 0 amide bonds. The fraction of sp³-hybridized carbons (Fsp3) is 1.00. The normalized spacial score (nSPS) is 44.7. The maximum atomic E-state index is 4.18. The van der Waals surface area contributed by atoms with E-state index in [9.17, 15) is 0 Å². The molecule has 2 fully saturated rings. The molecular formula is C8H16ClN. The number of hydrogen-bond acceptors (Lipinski definition) is 0. The molecule has 2 aliphatic carbocycles. The smallest absolute Gasteiger partial charge is 0.0874 e. The van der Waals surface area contributed by atoms with Crippen molar-refractivity contribution in [1.82, 2.24) is 0 Å². The van der Waals surface area contributed by atoms with Crippen molar-refractivity contribution in [2.45, 2.75) is 38.1 Å². The summed E-state index contributed by atoms with van der Waals surface area (Å²) in [5, 5.41) is 0. The molecule has 2 saturated carbocycles. The van der Waals surface area contributed by atoms with Gasteiger partial charge in [0.25, 0.3) is 0 Å². The van der Waals surface area contributed by atoms with Crippen molar-refractivity contribution in [1.29, 1.82) is 0 Å². The van der Waals surface area contributed by atoms with E-state index in [0.29, 0.717) is 0 Å². The van der Waals surface area contributed by atoms with Gasteiger partial charge in [-0.1, -0.05) is 6.42 Å². The third-order valence-electron chi connectivity index (χ3n) is 2.98. The second-order valence-corrected chi connectivity index (χ2v) is 3.70. The van der Waals surface area contributed by atoms with Crippen LogP contribution in [0.2, 0.25) is 0 Å². The van der Waals surface area contributed by atoms with Crippen LogP contribution in [0.1, 0.15) is 32.1 Å². The topological polar surface area (TPSA) is 27.6 Å². The van der Waals surface area contributed by atoms with Crippen molar-refractivity contribution in [2.75, 3.05) is 0 Å². The minimum atomic E-state index is 0. The van der Waals surface area contributed by atoms with Crippen molar-refractivity contribution in [2.24, 2.45) is 11.8 Å². The van der Waals surface area contributed by atoms with E-state index in [0.717, 1.165) is 17.9 Å². The van der Waals surface area contributed by atoms with Crippen LogP contribution in [0.4, 0.5) is 0 Å². The van der Waals surface area contributed by atoms with Gasteiger partial charge in [-0.05, 0) is 31.6 Å². The molecule has 2 aliphatic rings. The van der Waals surface area contributed by atoms with Gasteiger partial charge in [-0.3, -0.25) is 0 Å². The first-order valence-corrected chi connectivity index (χ1v) is 4.21. The first-order chi connectivity index (χ1) is 4.38. The van der Waals surface area contributed by atoms with Crippen LogP contribution < -0.4 is 18.1 Å². The SMILES string of the molecule is [Cl-].[NH3+]C1CCCCC2CC12. The zero-order valence-electron chi connectivity index (χ0n) is 6.35. The van der Waals surface area contributed by atoms with E-state index in [1.165, 1.54) is 32.1 Å². The molecule has 0 aromatic heterocycles. The van der Waals surface area contributed by atoms with E-state index in [4.69, 9.17) is 0 Å². The van der Waals surface area contributed by atoms with Crippen molar-refractivity contribution in [3.63, 3.8) is 0 Å². The van der Waals surface area contributed by atoms with Crippen molar-refractivity contribution in [3.05, 3.63) is 0 Å². The quantitative estimate of drug-likeness (QED) is 0.418. The molecule has 1 nitrogen and oxygen atoms in total. The molecule has 0 spiro atoms. The van der Waals surface area contributed by atoms with Gasteiger partial charge in [-0.15, -0.1) is 0 Å². The predicted octanol–water partition coefficient (Wildman–Crippen LogP) is -2.19. The molecule has 0 heterocycles. The highest BCUT2D eigenvalue weighted by atomic mass is 35.5. The Kier molecular flexibility index (Phi) is 2.59. The van der Waals surface area contributed by atoms with Gasteiger partial charge in [-0.25, -0.2) is 0 Å². The van der Waals surface area contributed by atoms with Crippen LogP contribution in [-0.4, -0.2) is 6.04 Å². The standard InChI is InChI=1S/C8H15N.ClH/c9-8-4-2-1-3-6-5-7(6)8;/h6-8H,1-5,9H2;1H. The maximum absolute atomic E-state index is 4.18. The second kappa shape index (κ2) is 3.10. The van der Waals surface area contributed by atoms with Gasteiger partial charge in [0.1, 0.15) is 0 Å². The Balaban J connectivity index is 0.000000500. The Morgan fingerprint density at radius 2 is 1.80 bits per heavy atom. The van der Waals surface area contributed by atoms with E-state index < -0.39 is 0 Å². The van der Waals surface area contributed by atoms with E-state index in [2.05, 4.69) is 5.73 Å². The van der Waals surface area contributed by atoms with E-state index >= 15 is 0 Å². The summed E-state index contributed by atoms with van der Waals surface area (Å²) in [4.78, 5) is 0. The first kappa shape index (κ1) is 8.35. The average molecular weight is 162 g/mol. The first-order valence-electron chi connectivity index (χ1n) is 4.21. The van der Waals surface area contributed by atoms with E-state index in [1.54, 1.807) is 0 Å².